The van der Waals surface area contributed by atoms with E-state index in [2.05, 4.69) is 15.6 Å². The van der Waals surface area contributed by atoms with Crippen LogP contribution in [0.15, 0.2) is 42.5 Å². The van der Waals surface area contributed by atoms with Gasteiger partial charge in [-0.1, -0.05) is 40.9 Å². The Bertz CT molecular complexity index is 1660. The molecular weight excluding hydrogens is 620 g/mol. The Morgan fingerprint density at radius 1 is 1.10 bits per heavy atom. The van der Waals surface area contributed by atoms with Gasteiger partial charge in [0.25, 0.3) is 12.3 Å². The number of nitrogens with one attached hydrogen (secondary N) is 2. The van der Waals surface area contributed by atoms with Crippen LogP contribution in [-0.4, -0.2) is 45.6 Å². The Labute approximate surface area is 253 Å². The summed E-state index contributed by atoms with van der Waals surface area (Å²) in [5, 5.41) is 15.0. The van der Waals surface area contributed by atoms with Gasteiger partial charge in [0, 0.05) is 36.8 Å². The van der Waals surface area contributed by atoms with Crippen molar-refractivity contribution in [3.63, 3.8) is 0 Å². The molecule has 3 N–H and O–H groups in total. The number of benzene rings is 3. The number of aromatic nitrogens is 2. The van der Waals surface area contributed by atoms with Crippen LogP contribution in [0.2, 0.25) is 15.1 Å². The highest BCUT2D eigenvalue weighted by atomic mass is 35.5. The molecule has 0 bridgehead atoms. The Morgan fingerprint density at radius 3 is 2.50 bits per heavy atom. The molecule has 42 heavy (non-hydrogen) atoms. The van der Waals surface area contributed by atoms with Gasteiger partial charge in [-0.2, -0.15) is 0 Å². The van der Waals surface area contributed by atoms with Crippen molar-refractivity contribution in [2.24, 2.45) is 7.05 Å². The molecule has 14 heteroatoms. The monoisotopic (exact) mass is 642 g/mol. The number of aliphatic hydroxyl groups excluding tert-OH is 1. The summed E-state index contributed by atoms with van der Waals surface area (Å²) in [6, 6.07) is 9.67. The number of carbonyl (C=O) groups excluding carboxylic acids is 2. The molecule has 1 aromatic heterocycles. The Kier molecular flexibility index (Phi) is 9.88. The van der Waals surface area contributed by atoms with E-state index >= 15 is 0 Å². The number of carbonyl (C=O) groups is 2. The van der Waals surface area contributed by atoms with Gasteiger partial charge in [-0.05, 0) is 48.4 Å². The molecule has 1 unspecified atom stereocenters. The van der Waals surface area contributed by atoms with Crippen molar-refractivity contribution >= 4 is 63.3 Å². The summed E-state index contributed by atoms with van der Waals surface area (Å²) >= 11 is 18.9. The normalized spacial score (nSPS) is 12.0. The van der Waals surface area contributed by atoms with Gasteiger partial charge in [0.05, 0.1) is 26.6 Å². The maximum atomic E-state index is 13.6. The maximum Gasteiger partial charge on any atom is 0.272 e. The average Bonchev–Trinajstić information content (AvgIpc) is 3.24. The molecular formula is C28H24Cl3F3N4O4. The van der Waals surface area contributed by atoms with Crippen molar-refractivity contribution in [1.29, 1.82) is 0 Å². The first-order chi connectivity index (χ1) is 19.8. The van der Waals surface area contributed by atoms with Gasteiger partial charge in [-0.15, -0.1) is 0 Å². The maximum absolute atomic E-state index is 13.6. The SMILES string of the molecule is CC(O)C(=O)NCc1ccc(Cl)c(Cc2nc3cc(C(=O)Nc4ccc(F)c(Cl)c4)c(OCC(F)F)cc3n2C)c1Cl. The topological polar surface area (TPSA) is 105 Å². The van der Waals surface area contributed by atoms with Crippen LogP contribution < -0.4 is 15.4 Å². The van der Waals surface area contributed by atoms with Gasteiger partial charge < -0.3 is 25.0 Å². The summed E-state index contributed by atoms with van der Waals surface area (Å²) in [4.78, 5) is 29.6. The number of anilines is 1. The molecule has 0 spiro atoms. The highest BCUT2D eigenvalue weighted by molar-refractivity contribution is 6.36. The molecule has 0 radical (unpaired) electrons. The summed E-state index contributed by atoms with van der Waals surface area (Å²) in [6.07, 6.45) is -3.84. The number of alkyl halides is 2. The molecule has 0 aliphatic rings. The second kappa shape index (κ2) is 13.2. The zero-order valence-corrected chi connectivity index (χ0v) is 24.4. The van der Waals surface area contributed by atoms with Gasteiger partial charge in [0.2, 0.25) is 5.91 Å². The van der Waals surface area contributed by atoms with Crippen LogP contribution in [0.1, 0.15) is 34.2 Å². The second-order valence-electron chi connectivity index (χ2n) is 9.28. The fraction of sp³-hybridized carbons (Fsp3) is 0.250. The van der Waals surface area contributed by atoms with Crippen molar-refractivity contribution in [1.82, 2.24) is 14.9 Å². The number of hydrogen-bond acceptors (Lipinski definition) is 5. The minimum Gasteiger partial charge on any atom is -0.487 e. The molecule has 0 fully saturated rings. The van der Waals surface area contributed by atoms with E-state index in [0.29, 0.717) is 38.0 Å². The summed E-state index contributed by atoms with van der Waals surface area (Å²) < 4.78 is 46.5. The van der Waals surface area contributed by atoms with Crippen molar-refractivity contribution in [3.8, 4) is 5.75 Å². The molecule has 0 aliphatic heterocycles. The Hall–Kier alpha value is -3.51. The van der Waals surface area contributed by atoms with Crippen LogP contribution in [0.25, 0.3) is 11.0 Å². The van der Waals surface area contributed by atoms with E-state index in [1.54, 1.807) is 23.7 Å². The molecule has 0 aliphatic carbocycles. The first-order valence-corrected chi connectivity index (χ1v) is 13.6. The summed E-state index contributed by atoms with van der Waals surface area (Å²) in [7, 11) is 1.69. The molecule has 2 amide bonds. The number of fused-ring (bicyclic) bond motifs is 1. The van der Waals surface area contributed by atoms with Gasteiger partial charge in [-0.25, -0.2) is 18.2 Å². The lowest BCUT2D eigenvalue weighted by Crippen LogP contribution is -2.32. The van der Waals surface area contributed by atoms with E-state index in [-0.39, 0.29) is 35.0 Å². The zero-order chi connectivity index (χ0) is 30.7. The van der Waals surface area contributed by atoms with Gasteiger partial charge in [0.15, 0.2) is 0 Å². The van der Waals surface area contributed by atoms with Crippen LogP contribution in [0, 0.1) is 5.82 Å². The number of halogens is 6. The number of aryl methyl sites for hydroxylation is 1. The van der Waals surface area contributed by atoms with Crippen LogP contribution in [-0.2, 0) is 24.8 Å². The van der Waals surface area contributed by atoms with Crippen LogP contribution in [0.5, 0.6) is 5.75 Å². The molecule has 1 heterocycles. The number of rotatable bonds is 10. The summed E-state index contributed by atoms with van der Waals surface area (Å²) in [5.41, 5.74) is 2.00. The molecule has 0 saturated carbocycles. The number of amides is 2. The third-order valence-corrected chi connectivity index (χ3v) is 7.41. The molecule has 0 saturated heterocycles. The van der Waals surface area contributed by atoms with Crippen molar-refractivity contribution < 1.29 is 32.6 Å². The van der Waals surface area contributed by atoms with Gasteiger partial charge in [0.1, 0.15) is 30.1 Å². The van der Waals surface area contributed by atoms with Crippen molar-refractivity contribution in [3.05, 3.63) is 85.9 Å². The quantitative estimate of drug-likeness (QED) is 0.192. The summed E-state index contributed by atoms with van der Waals surface area (Å²) in [6.45, 7) is 0.438. The van der Waals surface area contributed by atoms with Crippen LogP contribution in [0.3, 0.4) is 0 Å². The first-order valence-electron chi connectivity index (χ1n) is 12.4. The van der Waals surface area contributed by atoms with Crippen molar-refractivity contribution in [2.75, 3.05) is 11.9 Å². The summed E-state index contributed by atoms with van der Waals surface area (Å²) in [5.74, 6) is -1.59. The van der Waals surface area contributed by atoms with E-state index in [1.807, 2.05) is 0 Å². The van der Waals surface area contributed by atoms with E-state index in [4.69, 9.17) is 39.5 Å². The Morgan fingerprint density at radius 2 is 1.83 bits per heavy atom. The number of imidazole rings is 1. The predicted octanol–water partition coefficient (Wildman–Crippen LogP) is 6.16. The van der Waals surface area contributed by atoms with Crippen LogP contribution >= 0.6 is 34.8 Å². The van der Waals surface area contributed by atoms with E-state index in [0.717, 1.165) is 6.07 Å². The smallest absolute Gasteiger partial charge is 0.272 e. The second-order valence-corrected chi connectivity index (χ2v) is 10.5. The number of aliphatic hydroxyl groups is 1. The highest BCUT2D eigenvalue weighted by Crippen LogP contribution is 2.33. The lowest BCUT2D eigenvalue weighted by atomic mass is 10.1. The van der Waals surface area contributed by atoms with E-state index in [9.17, 15) is 27.9 Å². The molecule has 4 rings (SSSR count). The molecule has 3 aromatic carbocycles. The number of nitrogens with zero attached hydrogens (tertiary/aromatic N) is 2. The number of hydrogen-bond donors (Lipinski definition) is 3. The third kappa shape index (κ3) is 7.09. The van der Waals surface area contributed by atoms with Gasteiger partial charge >= 0.3 is 0 Å². The molecule has 4 aromatic rings. The molecule has 1 atom stereocenters. The first kappa shape index (κ1) is 31.4. The average molecular weight is 644 g/mol. The Balaban J connectivity index is 1.69. The minimum absolute atomic E-state index is 0.0534. The fourth-order valence-electron chi connectivity index (χ4n) is 4.08. The standard InChI is InChI=1S/C28H24Cl3F3N4O4/c1-13(39)27(40)35-11-14-3-5-18(29)16(26(14)31)9-25-37-21-8-17(23(42-12-24(33)34)10-22(21)38(25)2)28(41)36-15-4-6-20(32)19(30)7-15/h3-8,10,13,24,39H,9,11-12H2,1-2H3,(H,35,40)(H,36,41). The van der Waals surface area contributed by atoms with Crippen LogP contribution in [0.4, 0.5) is 18.9 Å². The minimum atomic E-state index is -2.79. The van der Waals surface area contributed by atoms with Crippen molar-refractivity contribution in [2.45, 2.75) is 32.4 Å². The molecule has 222 valence electrons. The highest BCUT2D eigenvalue weighted by Gasteiger charge is 2.21. The molecule has 8 nitrogen and oxygen atoms in total. The lowest BCUT2D eigenvalue weighted by Gasteiger charge is -2.14. The largest absolute Gasteiger partial charge is 0.487 e. The number of ether oxygens (including phenoxy) is 1. The van der Waals surface area contributed by atoms with E-state index < -0.39 is 36.8 Å². The zero-order valence-electron chi connectivity index (χ0n) is 22.2. The predicted molar refractivity (Wildman–Crippen MR) is 154 cm³/mol. The fourth-order valence-corrected chi connectivity index (χ4v) is 4.83. The van der Waals surface area contributed by atoms with E-state index in [1.165, 1.54) is 31.2 Å². The third-order valence-electron chi connectivity index (χ3n) is 6.30. The van der Waals surface area contributed by atoms with Gasteiger partial charge in [-0.3, -0.25) is 9.59 Å². The lowest BCUT2D eigenvalue weighted by molar-refractivity contribution is -0.128.